The molecule has 7 rings (SSSR count). The fraction of sp³-hybridized carbons (Fsp3) is 0.853. The van der Waals surface area contributed by atoms with Crippen molar-refractivity contribution in [3.8, 4) is 0 Å². The Morgan fingerprint density at radius 3 is 2.46 bits per heavy atom. The van der Waals surface area contributed by atoms with Crippen LogP contribution in [0, 0.1) is 34.5 Å². The summed E-state index contributed by atoms with van der Waals surface area (Å²) in [5, 5.41) is 63.7. The molecule has 0 bridgehead atoms. The van der Waals surface area contributed by atoms with Gasteiger partial charge in [0.25, 0.3) is 0 Å². The number of aliphatic hydroxyl groups excluding tert-OH is 6. The van der Waals surface area contributed by atoms with E-state index in [1.165, 1.54) is 6.92 Å². The number of hydrogen-bond donors (Lipinski definition) is 6. The number of fused-ring (bicyclic) bond motifs is 7. The average molecular weight is 651 g/mol. The zero-order chi connectivity index (χ0) is 32.9. The Morgan fingerprint density at radius 1 is 0.957 bits per heavy atom. The first-order chi connectivity index (χ1) is 21.7. The molecule has 3 heterocycles. The summed E-state index contributed by atoms with van der Waals surface area (Å²) >= 11 is 0. The predicted octanol–water partition coefficient (Wildman–Crippen LogP) is 0.694. The van der Waals surface area contributed by atoms with Gasteiger partial charge in [0.1, 0.15) is 42.7 Å². The summed E-state index contributed by atoms with van der Waals surface area (Å²) in [6.45, 7) is 7.47. The monoisotopic (exact) mass is 650 g/mol. The van der Waals surface area contributed by atoms with Gasteiger partial charge >= 0.3 is 0 Å². The van der Waals surface area contributed by atoms with E-state index in [0.29, 0.717) is 24.7 Å². The van der Waals surface area contributed by atoms with Crippen LogP contribution in [0.4, 0.5) is 0 Å². The van der Waals surface area contributed by atoms with E-state index in [0.717, 1.165) is 36.8 Å². The SMILES string of the molecule is CC(=O)C1=CO[C@H]2C[C@H]3[C@@H]4CC=C5C[C@@H](O)C[C@@H](O[C@@H]6OC[C@H](O)[C@H](O)[C@H]6O[C@@H]6O[C@@H](C)[C@H](O)[C@@H](O)[C@H]6O)[C@]5(C)[C@H]4CC[C@]3(C)[C@@H]12. The molecule has 5 fully saturated rings. The molecule has 0 aromatic carbocycles. The Kier molecular flexibility index (Phi) is 8.52. The fourth-order valence-corrected chi connectivity index (χ4v) is 10.6. The van der Waals surface area contributed by atoms with Crippen molar-refractivity contribution in [3.05, 3.63) is 23.5 Å². The Balaban J connectivity index is 1.15. The van der Waals surface area contributed by atoms with Gasteiger partial charge in [0.15, 0.2) is 18.4 Å². The predicted molar refractivity (Wildman–Crippen MR) is 159 cm³/mol. The molecule has 3 saturated carbocycles. The molecule has 3 aliphatic heterocycles. The second-order valence-corrected chi connectivity index (χ2v) is 15.4. The average Bonchev–Trinajstić information content (AvgIpc) is 3.57. The third kappa shape index (κ3) is 4.97. The molecule has 0 aromatic rings. The van der Waals surface area contributed by atoms with Crippen LogP contribution in [0.1, 0.15) is 66.2 Å². The van der Waals surface area contributed by atoms with E-state index < -0.39 is 72.9 Å². The number of aliphatic hydroxyl groups is 6. The molecule has 0 radical (unpaired) electrons. The summed E-state index contributed by atoms with van der Waals surface area (Å²) in [5.41, 5.74) is 1.42. The fourth-order valence-electron chi connectivity index (χ4n) is 10.6. The van der Waals surface area contributed by atoms with E-state index in [9.17, 15) is 35.4 Å². The van der Waals surface area contributed by atoms with Crippen LogP contribution in [0.2, 0.25) is 0 Å². The van der Waals surface area contributed by atoms with Crippen LogP contribution in [-0.4, -0.2) is 117 Å². The Bertz CT molecular complexity index is 1250. The summed E-state index contributed by atoms with van der Waals surface area (Å²) in [4.78, 5) is 12.6. The van der Waals surface area contributed by atoms with Crippen molar-refractivity contribution in [2.45, 2.75) is 140 Å². The van der Waals surface area contributed by atoms with Crippen molar-refractivity contribution in [3.63, 3.8) is 0 Å². The topological polar surface area (TPSA) is 185 Å². The van der Waals surface area contributed by atoms with Crippen LogP contribution in [0.15, 0.2) is 23.5 Å². The maximum Gasteiger partial charge on any atom is 0.187 e. The smallest absolute Gasteiger partial charge is 0.187 e. The Labute approximate surface area is 269 Å². The van der Waals surface area contributed by atoms with Gasteiger partial charge in [0.2, 0.25) is 0 Å². The standard InChI is InChI=1S/C34H50O12/c1-14(35)19-12-42-23-11-21-18-6-5-16-9-17(36)10-24(34(16,4)20(18)7-8-33(21,3)25(19)23)45-32-30(27(39)22(37)13-43-32)46-31-29(41)28(40)26(38)15(2)44-31/h5,12,15,17-18,20-32,36-41H,6-11,13H2,1-4H3/t15-,17+,18+,20-,21-,22-,23-,24+,25-,26-,27-,28+,29+,30+,31-,32-,33-,34-/m0/s1. The summed E-state index contributed by atoms with van der Waals surface area (Å²) in [7, 11) is 0. The van der Waals surface area contributed by atoms with Gasteiger partial charge in [-0.3, -0.25) is 4.79 Å². The summed E-state index contributed by atoms with van der Waals surface area (Å²) in [6, 6.07) is 0. The first kappa shape index (κ1) is 33.1. The van der Waals surface area contributed by atoms with Crippen molar-refractivity contribution in [2.24, 2.45) is 34.5 Å². The zero-order valence-corrected chi connectivity index (χ0v) is 27.0. The van der Waals surface area contributed by atoms with E-state index in [1.807, 2.05) is 0 Å². The highest BCUT2D eigenvalue weighted by Crippen LogP contribution is 2.68. The minimum atomic E-state index is -1.62. The van der Waals surface area contributed by atoms with Gasteiger partial charge in [0, 0.05) is 23.3 Å². The molecule has 7 aliphatic rings. The van der Waals surface area contributed by atoms with E-state index in [-0.39, 0.29) is 35.7 Å². The highest BCUT2D eigenvalue weighted by Gasteiger charge is 2.65. The molecule has 18 atom stereocenters. The van der Waals surface area contributed by atoms with E-state index in [1.54, 1.807) is 13.2 Å². The normalized spacial score (nSPS) is 54.8. The summed E-state index contributed by atoms with van der Waals surface area (Å²) < 4.78 is 30.4. The van der Waals surface area contributed by atoms with Crippen LogP contribution in [-0.2, 0) is 28.5 Å². The third-order valence-corrected chi connectivity index (χ3v) is 13.1. The van der Waals surface area contributed by atoms with Crippen LogP contribution in [0.3, 0.4) is 0 Å². The van der Waals surface area contributed by atoms with Gasteiger partial charge in [-0.25, -0.2) is 0 Å². The zero-order valence-electron chi connectivity index (χ0n) is 27.0. The van der Waals surface area contributed by atoms with Crippen molar-refractivity contribution < 1.29 is 59.1 Å². The number of rotatable bonds is 5. The number of ketones is 1. The molecular weight excluding hydrogens is 600 g/mol. The van der Waals surface area contributed by atoms with Gasteiger partial charge in [-0.2, -0.15) is 0 Å². The van der Waals surface area contributed by atoms with Crippen LogP contribution >= 0.6 is 0 Å². The summed E-state index contributed by atoms with van der Waals surface area (Å²) in [5.74, 6) is 1.07. The van der Waals surface area contributed by atoms with E-state index in [2.05, 4.69) is 19.9 Å². The third-order valence-electron chi connectivity index (χ3n) is 13.1. The van der Waals surface area contributed by atoms with Crippen molar-refractivity contribution in [1.29, 1.82) is 0 Å². The molecule has 2 saturated heterocycles. The number of carbonyl (C=O) groups excluding carboxylic acids is 1. The molecule has 12 nitrogen and oxygen atoms in total. The molecule has 12 heteroatoms. The second-order valence-electron chi connectivity index (χ2n) is 15.4. The maximum absolute atomic E-state index is 12.6. The number of hydrogen-bond acceptors (Lipinski definition) is 12. The van der Waals surface area contributed by atoms with Crippen molar-refractivity contribution >= 4 is 5.78 Å². The molecule has 4 aliphatic carbocycles. The largest absolute Gasteiger partial charge is 0.497 e. The van der Waals surface area contributed by atoms with Crippen molar-refractivity contribution in [2.75, 3.05) is 6.61 Å². The lowest BCUT2D eigenvalue weighted by Gasteiger charge is -2.60. The van der Waals surface area contributed by atoms with Gasteiger partial charge in [0.05, 0.1) is 31.2 Å². The van der Waals surface area contributed by atoms with Gasteiger partial charge < -0.3 is 54.3 Å². The minimum absolute atomic E-state index is 0.00669. The minimum Gasteiger partial charge on any atom is -0.497 e. The van der Waals surface area contributed by atoms with E-state index >= 15 is 0 Å². The second kappa shape index (κ2) is 11.9. The molecule has 0 aromatic heterocycles. The molecule has 0 amide bonds. The number of ether oxygens (including phenoxy) is 5. The lowest BCUT2D eigenvalue weighted by Crippen LogP contribution is -2.63. The van der Waals surface area contributed by atoms with Gasteiger partial charge in [-0.05, 0) is 69.1 Å². The van der Waals surface area contributed by atoms with Crippen LogP contribution in [0.25, 0.3) is 0 Å². The highest BCUT2D eigenvalue weighted by atomic mass is 16.8. The number of allylic oxidation sites excluding steroid dienone is 1. The van der Waals surface area contributed by atoms with Gasteiger partial charge in [-0.15, -0.1) is 0 Å². The van der Waals surface area contributed by atoms with Crippen molar-refractivity contribution in [1.82, 2.24) is 0 Å². The first-order valence-corrected chi connectivity index (χ1v) is 17.0. The number of carbonyl (C=O) groups is 1. The van der Waals surface area contributed by atoms with Crippen LogP contribution in [0.5, 0.6) is 0 Å². The lowest BCUT2D eigenvalue weighted by molar-refractivity contribution is -0.362. The van der Waals surface area contributed by atoms with Gasteiger partial charge in [-0.1, -0.05) is 25.5 Å². The molecule has 0 unspecified atom stereocenters. The first-order valence-electron chi connectivity index (χ1n) is 17.0. The molecule has 6 N–H and O–H groups in total. The number of Topliss-reactive ketones (excluding diaryl/α,β-unsaturated/α-hetero) is 1. The molecular formula is C34H50O12. The van der Waals surface area contributed by atoms with E-state index in [4.69, 9.17) is 23.7 Å². The summed E-state index contributed by atoms with van der Waals surface area (Å²) in [6.07, 6.45) is -4.72. The Hall–Kier alpha value is -1.45. The molecule has 46 heavy (non-hydrogen) atoms. The Morgan fingerprint density at radius 2 is 1.72 bits per heavy atom. The highest BCUT2D eigenvalue weighted by molar-refractivity contribution is 5.94. The lowest BCUT2D eigenvalue weighted by atomic mass is 9.46. The molecule has 0 spiro atoms. The molecule has 258 valence electrons. The van der Waals surface area contributed by atoms with Crippen LogP contribution < -0.4 is 0 Å². The quantitative estimate of drug-likeness (QED) is 0.229. The maximum atomic E-state index is 12.6.